The Labute approximate surface area is 134 Å². The molecule has 2 aromatic carbocycles. The van der Waals surface area contributed by atoms with Crippen LogP contribution in [0.4, 0.5) is 11.4 Å². The summed E-state index contributed by atoms with van der Waals surface area (Å²) in [5, 5.41) is 0.566. The first-order chi connectivity index (χ1) is 9.93. The molecule has 0 saturated carbocycles. The zero-order valence-corrected chi connectivity index (χ0v) is 13.4. The van der Waals surface area contributed by atoms with Crippen molar-refractivity contribution >= 4 is 40.5 Å². The van der Waals surface area contributed by atoms with Crippen LogP contribution in [0.15, 0.2) is 36.4 Å². The van der Waals surface area contributed by atoms with Crippen LogP contribution in [0.25, 0.3) is 0 Å². The molecule has 21 heavy (non-hydrogen) atoms. The maximum absolute atomic E-state index is 12.6. The molecule has 0 aliphatic rings. The fourth-order valence-electron chi connectivity index (χ4n) is 2.03. The van der Waals surface area contributed by atoms with Gasteiger partial charge in [0.15, 0.2) is 0 Å². The number of anilines is 2. The van der Waals surface area contributed by atoms with Gasteiger partial charge in [-0.1, -0.05) is 40.9 Å². The molecule has 0 heterocycles. The Morgan fingerprint density at radius 1 is 1.14 bits per heavy atom. The zero-order chi connectivity index (χ0) is 15.6. The average Bonchev–Trinajstić information content (AvgIpc) is 2.46. The lowest BCUT2D eigenvalue weighted by Crippen LogP contribution is -2.30. The molecule has 2 aromatic rings. The third kappa shape index (κ3) is 3.31. The Morgan fingerprint density at radius 3 is 2.14 bits per heavy atom. The number of hydrogen-bond donors (Lipinski definition) is 1. The largest absolute Gasteiger partial charge is 0.396 e. The van der Waals surface area contributed by atoms with Gasteiger partial charge in [0.25, 0.3) is 5.91 Å². The van der Waals surface area contributed by atoms with Crippen LogP contribution in [0.5, 0.6) is 0 Å². The van der Waals surface area contributed by atoms with Crippen LogP contribution >= 0.6 is 23.2 Å². The van der Waals surface area contributed by atoms with Crippen molar-refractivity contribution in [3.63, 3.8) is 0 Å². The molecule has 0 aliphatic heterocycles. The second-order valence-electron chi connectivity index (χ2n) is 4.74. The number of hydrogen-bond acceptors (Lipinski definition) is 2. The highest BCUT2D eigenvalue weighted by Gasteiger charge is 2.18. The third-order valence-electron chi connectivity index (χ3n) is 3.23. The van der Waals surface area contributed by atoms with Gasteiger partial charge in [-0.15, -0.1) is 0 Å². The summed E-state index contributed by atoms with van der Waals surface area (Å²) in [6, 6.07) is 10.8. The van der Waals surface area contributed by atoms with Crippen molar-refractivity contribution in [3.8, 4) is 0 Å². The molecule has 110 valence electrons. The van der Waals surface area contributed by atoms with Gasteiger partial charge >= 0.3 is 0 Å². The Bertz CT molecular complexity index is 645. The molecule has 0 fully saturated rings. The highest BCUT2D eigenvalue weighted by Crippen LogP contribution is 2.30. The highest BCUT2D eigenvalue weighted by atomic mass is 35.5. The maximum atomic E-state index is 12.6. The lowest BCUT2D eigenvalue weighted by molar-refractivity contribution is 0.0988. The summed E-state index contributed by atoms with van der Waals surface area (Å²) in [5.74, 6) is -0.162. The van der Waals surface area contributed by atoms with Gasteiger partial charge in [0.1, 0.15) is 0 Å². The first-order valence-corrected chi connectivity index (χ1v) is 7.32. The van der Waals surface area contributed by atoms with Crippen molar-refractivity contribution in [1.82, 2.24) is 0 Å². The summed E-state index contributed by atoms with van der Waals surface area (Å²) in [6.45, 7) is 4.46. The third-order valence-corrected chi connectivity index (χ3v) is 3.86. The van der Waals surface area contributed by atoms with Crippen LogP contribution in [-0.2, 0) is 0 Å². The molecule has 0 spiro atoms. The quantitative estimate of drug-likeness (QED) is 0.842. The van der Waals surface area contributed by atoms with Crippen molar-refractivity contribution in [2.45, 2.75) is 13.8 Å². The predicted octanol–water partition coefficient (Wildman–Crippen LogP) is 4.55. The molecule has 3 nitrogen and oxygen atoms in total. The van der Waals surface area contributed by atoms with E-state index in [4.69, 9.17) is 28.9 Å². The van der Waals surface area contributed by atoms with Gasteiger partial charge in [-0.3, -0.25) is 4.79 Å². The van der Waals surface area contributed by atoms with Crippen molar-refractivity contribution < 1.29 is 4.79 Å². The molecule has 0 aliphatic carbocycles. The summed E-state index contributed by atoms with van der Waals surface area (Å²) >= 11 is 12.0. The van der Waals surface area contributed by atoms with Crippen molar-refractivity contribution in [3.05, 3.63) is 57.6 Å². The van der Waals surface area contributed by atoms with Gasteiger partial charge in [-0.2, -0.15) is 0 Å². The minimum Gasteiger partial charge on any atom is -0.396 e. The van der Waals surface area contributed by atoms with E-state index in [0.717, 1.165) is 11.3 Å². The van der Waals surface area contributed by atoms with E-state index < -0.39 is 0 Å². The van der Waals surface area contributed by atoms with E-state index in [2.05, 4.69) is 0 Å². The van der Waals surface area contributed by atoms with Gasteiger partial charge in [0.05, 0.1) is 15.7 Å². The van der Waals surface area contributed by atoms with Gasteiger partial charge in [-0.25, -0.2) is 0 Å². The fourth-order valence-corrected chi connectivity index (χ4v) is 2.52. The topological polar surface area (TPSA) is 46.3 Å². The first kappa shape index (κ1) is 15.7. The van der Waals surface area contributed by atoms with Crippen LogP contribution in [0.2, 0.25) is 10.0 Å². The van der Waals surface area contributed by atoms with Gasteiger partial charge in [0, 0.05) is 17.8 Å². The highest BCUT2D eigenvalue weighted by molar-refractivity contribution is 6.39. The van der Waals surface area contributed by atoms with E-state index in [1.807, 2.05) is 38.1 Å². The van der Waals surface area contributed by atoms with E-state index in [0.29, 0.717) is 12.1 Å². The van der Waals surface area contributed by atoms with E-state index in [9.17, 15) is 4.79 Å². The van der Waals surface area contributed by atoms with E-state index in [-0.39, 0.29) is 21.6 Å². The van der Waals surface area contributed by atoms with Crippen molar-refractivity contribution in [2.24, 2.45) is 0 Å². The standard InChI is InChI=1S/C16H16Cl2N2O/c1-3-20(12-6-4-10(2)5-7-12)16(21)11-8-13(17)15(19)14(18)9-11/h4-9H,3,19H2,1-2H3. The Morgan fingerprint density at radius 2 is 1.67 bits per heavy atom. The number of rotatable bonds is 3. The normalized spacial score (nSPS) is 10.5. The maximum Gasteiger partial charge on any atom is 0.258 e. The van der Waals surface area contributed by atoms with Gasteiger partial charge < -0.3 is 10.6 Å². The molecule has 0 radical (unpaired) electrons. The SMILES string of the molecule is CCN(C(=O)c1cc(Cl)c(N)c(Cl)c1)c1ccc(C)cc1. The molecular formula is C16H16Cl2N2O. The summed E-state index contributed by atoms with van der Waals surface area (Å²) in [6.07, 6.45) is 0. The van der Waals surface area contributed by atoms with Crippen LogP contribution in [-0.4, -0.2) is 12.5 Å². The molecule has 0 saturated heterocycles. The second-order valence-corrected chi connectivity index (χ2v) is 5.55. The molecule has 5 heteroatoms. The number of nitrogens with zero attached hydrogens (tertiary/aromatic N) is 1. The number of benzene rings is 2. The number of carbonyl (C=O) groups is 1. The molecule has 0 bridgehead atoms. The number of amides is 1. The van der Waals surface area contributed by atoms with Crippen molar-refractivity contribution in [2.75, 3.05) is 17.2 Å². The Balaban J connectivity index is 2.39. The molecular weight excluding hydrogens is 307 g/mol. The minimum atomic E-state index is -0.162. The summed E-state index contributed by atoms with van der Waals surface area (Å²) < 4.78 is 0. The predicted molar refractivity (Wildman–Crippen MR) is 89.4 cm³/mol. The lowest BCUT2D eigenvalue weighted by atomic mass is 10.1. The number of aryl methyl sites for hydroxylation is 1. The number of nitrogens with two attached hydrogens (primary N) is 1. The average molecular weight is 323 g/mol. The first-order valence-electron chi connectivity index (χ1n) is 6.57. The number of carbonyl (C=O) groups excluding carboxylic acids is 1. The van der Waals surface area contributed by atoms with Crippen LogP contribution in [0, 0.1) is 6.92 Å². The summed E-state index contributed by atoms with van der Waals surface area (Å²) in [5.41, 5.74) is 8.37. The molecule has 0 atom stereocenters. The van der Waals surface area contributed by atoms with E-state index in [1.54, 1.807) is 17.0 Å². The Hall–Kier alpha value is -1.71. The van der Waals surface area contributed by atoms with Crippen LogP contribution < -0.4 is 10.6 Å². The second kappa shape index (κ2) is 6.37. The number of nitrogen functional groups attached to an aromatic ring is 1. The summed E-state index contributed by atoms with van der Waals surface area (Å²) in [4.78, 5) is 14.3. The lowest BCUT2D eigenvalue weighted by Gasteiger charge is -2.21. The van der Waals surface area contributed by atoms with Gasteiger partial charge in [0.2, 0.25) is 0 Å². The van der Waals surface area contributed by atoms with Crippen LogP contribution in [0.3, 0.4) is 0 Å². The zero-order valence-electron chi connectivity index (χ0n) is 11.9. The molecule has 0 aromatic heterocycles. The summed E-state index contributed by atoms with van der Waals surface area (Å²) in [7, 11) is 0. The minimum absolute atomic E-state index is 0.162. The smallest absolute Gasteiger partial charge is 0.258 e. The molecule has 2 rings (SSSR count). The molecule has 2 N–H and O–H groups in total. The molecule has 0 unspecified atom stereocenters. The van der Waals surface area contributed by atoms with E-state index in [1.165, 1.54) is 0 Å². The fraction of sp³-hybridized carbons (Fsp3) is 0.188. The monoisotopic (exact) mass is 322 g/mol. The van der Waals surface area contributed by atoms with E-state index >= 15 is 0 Å². The molecule has 1 amide bonds. The Kier molecular flexibility index (Phi) is 4.76. The van der Waals surface area contributed by atoms with Crippen molar-refractivity contribution in [1.29, 1.82) is 0 Å². The van der Waals surface area contributed by atoms with Crippen LogP contribution in [0.1, 0.15) is 22.8 Å². The van der Waals surface area contributed by atoms with Gasteiger partial charge in [-0.05, 0) is 38.1 Å². The number of halogens is 2.